The van der Waals surface area contributed by atoms with Gasteiger partial charge in [0.1, 0.15) is 5.56 Å². The van der Waals surface area contributed by atoms with E-state index in [0.29, 0.717) is 25.2 Å². The number of piperidine rings is 1. The molecule has 28 heavy (non-hydrogen) atoms. The van der Waals surface area contributed by atoms with Crippen molar-refractivity contribution < 1.29 is 14.7 Å². The number of carbonyl (C=O) groups is 2. The predicted molar refractivity (Wildman–Crippen MR) is 106 cm³/mol. The zero-order valence-electron chi connectivity index (χ0n) is 16.1. The lowest BCUT2D eigenvalue weighted by Crippen LogP contribution is -2.40. The van der Waals surface area contributed by atoms with Crippen LogP contribution in [-0.4, -0.2) is 49.7 Å². The van der Waals surface area contributed by atoms with Crippen molar-refractivity contribution in [1.82, 2.24) is 19.7 Å². The first-order chi connectivity index (χ1) is 13.5. The van der Waals surface area contributed by atoms with Gasteiger partial charge in [-0.25, -0.2) is 4.79 Å². The van der Waals surface area contributed by atoms with Gasteiger partial charge in [-0.2, -0.15) is 5.10 Å². The van der Waals surface area contributed by atoms with Crippen molar-refractivity contribution in [1.29, 1.82) is 0 Å². The number of aromatic nitrogens is 3. The highest BCUT2D eigenvalue weighted by Gasteiger charge is 2.27. The first-order valence-electron chi connectivity index (χ1n) is 9.57. The third-order valence-electron chi connectivity index (χ3n) is 5.79. The molecule has 146 valence electrons. The largest absolute Gasteiger partial charge is 0.478 e. The molecule has 0 bridgehead atoms. The summed E-state index contributed by atoms with van der Waals surface area (Å²) in [4.78, 5) is 29.4. The van der Waals surface area contributed by atoms with Crippen molar-refractivity contribution in [2.45, 2.75) is 39.2 Å². The number of hydrogen-bond donors (Lipinski definition) is 2. The number of carboxylic acid groups (broad SMARTS) is 1. The van der Waals surface area contributed by atoms with E-state index in [1.165, 1.54) is 6.20 Å². The van der Waals surface area contributed by atoms with Crippen LogP contribution in [0.4, 0.5) is 0 Å². The zero-order valence-corrected chi connectivity index (χ0v) is 16.1. The standard InChI is InChI=1S/C21H24N4O3/c1-13-17(16-5-3-4-6-19(16)23-13)11-20(26)24-9-7-15(8-10-24)25-14(2)18(12-22-25)21(27)28/h3-6,12,15,23H,7-11H2,1-2H3,(H,27,28). The van der Waals surface area contributed by atoms with E-state index in [4.69, 9.17) is 0 Å². The lowest BCUT2D eigenvalue weighted by atomic mass is 10.0. The molecule has 1 fully saturated rings. The molecular formula is C21H24N4O3. The first kappa shape index (κ1) is 18.3. The lowest BCUT2D eigenvalue weighted by Gasteiger charge is -2.32. The Morgan fingerprint density at radius 1 is 1.21 bits per heavy atom. The van der Waals surface area contributed by atoms with Crippen LogP contribution in [0.2, 0.25) is 0 Å². The summed E-state index contributed by atoms with van der Waals surface area (Å²) >= 11 is 0. The van der Waals surface area contributed by atoms with Crippen LogP contribution in [0.25, 0.3) is 10.9 Å². The van der Waals surface area contributed by atoms with Gasteiger partial charge in [-0.05, 0) is 38.3 Å². The number of aryl methyl sites for hydroxylation is 1. The minimum Gasteiger partial charge on any atom is -0.478 e. The quantitative estimate of drug-likeness (QED) is 0.728. The molecule has 7 heteroatoms. The number of amides is 1. The number of aromatic carboxylic acids is 1. The Bertz CT molecular complexity index is 1040. The fourth-order valence-electron chi connectivity index (χ4n) is 4.19. The van der Waals surface area contributed by atoms with E-state index in [1.54, 1.807) is 11.6 Å². The molecule has 4 rings (SSSR count). The third kappa shape index (κ3) is 3.17. The summed E-state index contributed by atoms with van der Waals surface area (Å²) in [7, 11) is 0. The van der Waals surface area contributed by atoms with E-state index in [9.17, 15) is 14.7 Å². The second kappa shape index (κ2) is 7.14. The fraction of sp³-hybridized carbons (Fsp3) is 0.381. The molecule has 3 heterocycles. The van der Waals surface area contributed by atoms with Gasteiger partial charge < -0.3 is 15.0 Å². The van der Waals surface area contributed by atoms with E-state index in [2.05, 4.69) is 10.1 Å². The van der Waals surface area contributed by atoms with Gasteiger partial charge in [0.2, 0.25) is 5.91 Å². The van der Waals surface area contributed by atoms with Crippen LogP contribution < -0.4 is 0 Å². The van der Waals surface area contributed by atoms with Crippen LogP contribution in [0.5, 0.6) is 0 Å². The number of fused-ring (bicyclic) bond motifs is 1. The van der Waals surface area contributed by atoms with Crippen LogP contribution in [0.1, 0.15) is 46.2 Å². The number of carbonyl (C=O) groups excluding carboxylic acids is 1. The number of rotatable bonds is 4. The van der Waals surface area contributed by atoms with Crippen molar-refractivity contribution in [3.63, 3.8) is 0 Å². The summed E-state index contributed by atoms with van der Waals surface area (Å²) in [5.41, 5.74) is 4.08. The van der Waals surface area contributed by atoms with Gasteiger partial charge in [0.15, 0.2) is 0 Å². The van der Waals surface area contributed by atoms with Crippen molar-refractivity contribution in [2.24, 2.45) is 0 Å². The minimum absolute atomic E-state index is 0.131. The van der Waals surface area contributed by atoms with Crippen LogP contribution in [-0.2, 0) is 11.2 Å². The maximum absolute atomic E-state index is 12.9. The topological polar surface area (TPSA) is 91.2 Å². The van der Waals surface area contributed by atoms with Crippen molar-refractivity contribution in [3.05, 3.63) is 53.0 Å². The summed E-state index contributed by atoms with van der Waals surface area (Å²) in [5, 5.41) is 14.6. The van der Waals surface area contributed by atoms with Gasteiger partial charge in [0.25, 0.3) is 0 Å². The number of para-hydroxylation sites is 1. The van der Waals surface area contributed by atoms with E-state index in [0.717, 1.165) is 35.0 Å². The van der Waals surface area contributed by atoms with Gasteiger partial charge in [-0.15, -0.1) is 0 Å². The Kier molecular flexibility index (Phi) is 4.66. The second-order valence-electron chi connectivity index (χ2n) is 7.46. The highest BCUT2D eigenvalue weighted by molar-refractivity contribution is 5.90. The summed E-state index contributed by atoms with van der Waals surface area (Å²) in [6, 6.07) is 8.19. The van der Waals surface area contributed by atoms with Gasteiger partial charge in [0.05, 0.1) is 24.4 Å². The lowest BCUT2D eigenvalue weighted by molar-refractivity contribution is -0.131. The first-order valence-corrected chi connectivity index (χ1v) is 9.57. The maximum Gasteiger partial charge on any atom is 0.339 e. The van der Waals surface area contributed by atoms with Crippen molar-refractivity contribution in [3.8, 4) is 0 Å². The van der Waals surface area contributed by atoms with Crippen LogP contribution in [0.15, 0.2) is 30.5 Å². The highest BCUT2D eigenvalue weighted by atomic mass is 16.4. The number of likely N-dealkylation sites (tertiary alicyclic amines) is 1. The molecule has 0 unspecified atom stereocenters. The van der Waals surface area contributed by atoms with Crippen LogP contribution in [0.3, 0.4) is 0 Å². The van der Waals surface area contributed by atoms with Gasteiger partial charge >= 0.3 is 5.97 Å². The number of nitrogens with one attached hydrogen (secondary N) is 1. The second-order valence-corrected chi connectivity index (χ2v) is 7.46. The van der Waals surface area contributed by atoms with Crippen molar-refractivity contribution in [2.75, 3.05) is 13.1 Å². The summed E-state index contributed by atoms with van der Waals surface area (Å²) in [5.74, 6) is -0.819. The minimum atomic E-state index is -0.953. The molecule has 1 aliphatic heterocycles. The molecule has 0 aliphatic carbocycles. The SMILES string of the molecule is Cc1[nH]c2ccccc2c1CC(=O)N1CCC(n2ncc(C(=O)O)c2C)CC1. The third-order valence-corrected chi connectivity index (χ3v) is 5.79. The summed E-state index contributed by atoms with van der Waals surface area (Å²) in [6.07, 6.45) is 3.36. The average molecular weight is 380 g/mol. The fourth-order valence-corrected chi connectivity index (χ4v) is 4.19. The Balaban J connectivity index is 1.43. The molecule has 1 aromatic carbocycles. The number of nitrogens with zero attached hydrogens (tertiary/aromatic N) is 3. The Morgan fingerprint density at radius 3 is 2.61 bits per heavy atom. The number of carboxylic acids is 1. The number of H-pyrrole nitrogens is 1. The molecule has 0 saturated carbocycles. The molecular weight excluding hydrogens is 356 g/mol. The molecule has 7 nitrogen and oxygen atoms in total. The number of aromatic amines is 1. The molecule has 2 N–H and O–H groups in total. The van der Waals surface area contributed by atoms with Gasteiger partial charge in [0, 0.05) is 29.7 Å². The molecule has 1 saturated heterocycles. The molecule has 1 aliphatic rings. The van der Waals surface area contributed by atoms with E-state index >= 15 is 0 Å². The number of hydrogen-bond acceptors (Lipinski definition) is 3. The van der Waals surface area contributed by atoms with E-state index in [-0.39, 0.29) is 17.5 Å². The van der Waals surface area contributed by atoms with Crippen LogP contribution in [0, 0.1) is 13.8 Å². The maximum atomic E-state index is 12.9. The summed E-state index contributed by atoms with van der Waals surface area (Å²) < 4.78 is 1.80. The Morgan fingerprint density at radius 2 is 1.93 bits per heavy atom. The van der Waals surface area contributed by atoms with E-state index in [1.807, 2.05) is 36.1 Å². The van der Waals surface area contributed by atoms with Crippen LogP contribution >= 0.6 is 0 Å². The summed E-state index contributed by atoms with van der Waals surface area (Å²) in [6.45, 7) is 5.11. The van der Waals surface area contributed by atoms with E-state index < -0.39 is 5.97 Å². The normalized spacial score (nSPS) is 15.3. The molecule has 0 spiro atoms. The monoisotopic (exact) mass is 380 g/mol. The smallest absolute Gasteiger partial charge is 0.339 e. The van der Waals surface area contributed by atoms with Gasteiger partial charge in [-0.1, -0.05) is 18.2 Å². The van der Waals surface area contributed by atoms with Crippen molar-refractivity contribution >= 4 is 22.8 Å². The Hall–Kier alpha value is -3.09. The number of benzene rings is 1. The molecule has 1 amide bonds. The Labute approximate surface area is 163 Å². The zero-order chi connectivity index (χ0) is 19.8. The molecule has 0 radical (unpaired) electrons. The molecule has 2 aromatic heterocycles. The molecule has 3 aromatic rings. The molecule has 0 atom stereocenters. The highest BCUT2D eigenvalue weighted by Crippen LogP contribution is 2.27. The van der Waals surface area contributed by atoms with Gasteiger partial charge in [-0.3, -0.25) is 9.48 Å². The average Bonchev–Trinajstić information content (AvgIpc) is 3.22. The predicted octanol–water partition coefficient (Wildman–Crippen LogP) is 3.09.